The highest BCUT2D eigenvalue weighted by atomic mass is 32.2. The molecule has 3 aromatic rings. The smallest absolute Gasteiger partial charge is 0.264 e. The number of nitrogens with zero attached hydrogens (tertiary/aromatic N) is 2. The van der Waals surface area contributed by atoms with E-state index in [0.717, 1.165) is 23.1 Å². The molecular formula is C31H39N3O4S. The second-order valence-electron chi connectivity index (χ2n) is 9.53. The zero-order valence-corrected chi connectivity index (χ0v) is 24.1. The minimum atomic E-state index is -4.08. The Morgan fingerprint density at radius 1 is 0.897 bits per heavy atom. The van der Waals surface area contributed by atoms with Crippen molar-refractivity contribution in [3.8, 4) is 0 Å². The summed E-state index contributed by atoms with van der Waals surface area (Å²) in [5.41, 5.74) is 3.17. The number of nitrogens with one attached hydrogen (secondary N) is 1. The fraction of sp³-hybridized carbons (Fsp3) is 0.355. The molecule has 39 heavy (non-hydrogen) atoms. The van der Waals surface area contributed by atoms with Gasteiger partial charge < -0.3 is 10.2 Å². The third kappa shape index (κ3) is 7.47. The number of aryl methyl sites for hydroxylation is 2. The molecule has 3 aromatic carbocycles. The van der Waals surface area contributed by atoms with E-state index in [-0.39, 0.29) is 17.3 Å². The average molecular weight is 550 g/mol. The Hall–Kier alpha value is -3.65. The Balaban J connectivity index is 2.08. The minimum Gasteiger partial charge on any atom is -0.354 e. The summed E-state index contributed by atoms with van der Waals surface area (Å²) in [6, 6.07) is 22.4. The van der Waals surface area contributed by atoms with Crippen molar-refractivity contribution in [3.63, 3.8) is 0 Å². The number of amides is 2. The molecule has 0 aliphatic carbocycles. The summed E-state index contributed by atoms with van der Waals surface area (Å²) < 4.78 is 29.1. The molecule has 1 N–H and O–H groups in total. The fourth-order valence-electron chi connectivity index (χ4n) is 4.58. The molecular weight excluding hydrogens is 510 g/mol. The van der Waals surface area contributed by atoms with Crippen LogP contribution in [-0.2, 0) is 32.6 Å². The number of sulfonamides is 1. The summed E-state index contributed by atoms with van der Waals surface area (Å²) in [6.07, 6.45) is 1.75. The normalized spacial score (nSPS) is 12.0. The Labute approximate surface area is 232 Å². The van der Waals surface area contributed by atoms with Gasteiger partial charge in [-0.1, -0.05) is 87.0 Å². The van der Waals surface area contributed by atoms with Gasteiger partial charge in [-0.25, -0.2) is 8.42 Å². The molecule has 0 aliphatic rings. The van der Waals surface area contributed by atoms with Gasteiger partial charge in [-0.2, -0.15) is 0 Å². The zero-order valence-electron chi connectivity index (χ0n) is 23.3. The molecule has 0 bridgehead atoms. The van der Waals surface area contributed by atoms with Crippen LogP contribution in [0.5, 0.6) is 0 Å². The number of carbonyl (C=O) groups is 2. The number of anilines is 1. The van der Waals surface area contributed by atoms with E-state index in [1.54, 1.807) is 30.3 Å². The number of benzene rings is 3. The molecule has 2 amide bonds. The molecule has 0 spiro atoms. The lowest BCUT2D eigenvalue weighted by atomic mass is 10.1. The zero-order chi connectivity index (χ0) is 28.4. The van der Waals surface area contributed by atoms with Crippen molar-refractivity contribution in [2.24, 2.45) is 0 Å². The highest BCUT2D eigenvalue weighted by Crippen LogP contribution is 2.28. The molecule has 0 saturated carbocycles. The maximum absolute atomic E-state index is 14.1. The highest BCUT2D eigenvalue weighted by Gasteiger charge is 2.34. The van der Waals surface area contributed by atoms with E-state index in [0.29, 0.717) is 25.1 Å². The highest BCUT2D eigenvalue weighted by molar-refractivity contribution is 7.92. The first-order valence-electron chi connectivity index (χ1n) is 13.5. The maximum Gasteiger partial charge on any atom is 0.264 e. The van der Waals surface area contributed by atoms with Gasteiger partial charge in [0.25, 0.3) is 10.0 Å². The fourth-order valence-corrected chi connectivity index (χ4v) is 6.05. The Morgan fingerprint density at radius 3 is 2.23 bits per heavy atom. The largest absolute Gasteiger partial charge is 0.354 e. The molecule has 0 saturated heterocycles. The predicted molar refractivity (Wildman–Crippen MR) is 156 cm³/mol. The van der Waals surface area contributed by atoms with Crippen LogP contribution in [0.3, 0.4) is 0 Å². The summed E-state index contributed by atoms with van der Waals surface area (Å²) in [7, 11) is -4.08. The lowest BCUT2D eigenvalue weighted by Crippen LogP contribution is -2.52. The molecule has 8 heteroatoms. The molecule has 7 nitrogen and oxygen atoms in total. The molecule has 1 atom stereocenters. The number of hydrogen-bond donors (Lipinski definition) is 1. The second kappa shape index (κ2) is 13.9. The minimum absolute atomic E-state index is 0.0988. The quantitative estimate of drug-likeness (QED) is 0.322. The van der Waals surface area contributed by atoms with E-state index in [1.807, 2.05) is 64.1 Å². The lowest BCUT2D eigenvalue weighted by Gasteiger charge is -2.33. The van der Waals surface area contributed by atoms with Crippen molar-refractivity contribution in [3.05, 3.63) is 95.6 Å². The van der Waals surface area contributed by atoms with Crippen LogP contribution in [0, 0.1) is 6.92 Å². The van der Waals surface area contributed by atoms with Crippen molar-refractivity contribution in [1.82, 2.24) is 10.2 Å². The predicted octanol–water partition coefficient (Wildman–Crippen LogP) is 5.09. The SMILES string of the molecule is CCCNC(=O)[C@H](CC)N(Cc1cccc(C)c1)C(=O)CN(c1ccccc1CC)S(=O)(=O)c1ccccc1. The first-order chi connectivity index (χ1) is 18.7. The lowest BCUT2D eigenvalue weighted by molar-refractivity contribution is -0.140. The standard InChI is InChI=1S/C31H39N3O4S/c1-5-20-32-31(36)28(7-3)33(22-25-15-13-14-24(4)21-25)30(35)23-34(29-19-12-11-16-26(29)6-2)39(37,38)27-17-9-8-10-18-27/h8-19,21,28H,5-7,20,22-23H2,1-4H3,(H,32,36)/t28-/m0/s1. The molecule has 3 rings (SSSR count). The van der Waals surface area contributed by atoms with Gasteiger partial charge in [0.2, 0.25) is 11.8 Å². The average Bonchev–Trinajstić information content (AvgIpc) is 2.95. The van der Waals surface area contributed by atoms with Crippen LogP contribution in [0.25, 0.3) is 0 Å². The molecule has 0 heterocycles. The Morgan fingerprint density at radius 2 is 1.59 bits per heavy atom. The van der Waals surface area contributed by atoms with Gasteiger partial charge in [0.1, 0.15) is 12.6 Å². The van der Waals surface area contributed by atoms with Gasteiger partial charge in [-0.3, -0.25) is 13.9 Å². The van der Waals surface area contributed by atoms with E-state index in [4.69, 9.17) is 0 Å². The van der Waals surface area contributed by atoms with Crippen molar-refractivity contribution < 1.29 is 18.0 Å². The number of carbonyl (C=O) groups excluding carboxylic acids is 2. The Kier molecular flexibility index (Phi) is 10.7. The summed E-state index contributed by atoms with van der Waals surface area (Å²) >= 11 is 0. The first-order valence-corrected chi connectivity index (χ1v) is 14.9. The van der Waals surface area contributed by atoms with Crippen LogP contribution in [0.15, 0.2) is 83.8 Å². The second-order valence-corrected chi connectivity index (χ2v) is 11.4. The van der Waals surface area contributed by atoms with Crippen molar-refractivity contribution >= 4 is 27.5 Å². The van der Waals surface area contributed by atoms with Gasteiger partial charge in [-0.05, 0) is 55.5 Å². The van der Waals surface area contributed by atoms with Crippen LogP contribution in [0.4, 0.5) is 5.69 Å². The number of para-hydroxylation sites is 1. The van der Waals surface area contributed by atoms with E-state index < -0.39 is 28.5 Å². The van der Waals surface area contributed by atoms with Gasteiger partial charge in [0.05, 0.1) is 10.6 Å². The van der Waals surface area contributed by atoms with E-state index in [1.165, 1.54) is 21.3 Å². The van der Waals surface area contributed by atoms with Crippen LogP contribution in [0.1, 0.15) is 50.3 Å². The summed E-state index contributed by atoms with van der Waals surface area (Å²) in [5, 5.41) is 2.91. The first kappa shape index (κ1) is 29.9. The summed E-state index contributed by atoms with van der Waals surface area (Å²) in [6.45, 7) is 8.00. The van der Waals surface area contributed by atoms with Crippen LogP contribution >= 0.6 is 0 Å². The Bertz CT molecular complexity index is 1360. The number of rotatable bonds is 13. The summed E-state index contributed by atoms with van der Waals surface area (Å²) in [4.78, 5) is 28.9. The van der Waals surface area contributed by atoms with Gasteiger partial charge >= 0.3 is 0 Å². The third-order valence-corrected chi connectivity index (χ3v) is 8.40. The monoisotopic (exact) mass is 549 g/mol. The van der Waals surface area contributed by atoms with Gasteiger partial charge in [0.15, 0.2) is 0 Å². The van der Waals surface area contributed by atoms with Crippen molar-refractivity contribution in [2.45, 2.75) is 64.4 Å². The van der Waals surface area contributed by atoms with Crippen molar-refractivity contribution in [1.29, 1.82) is 0 Å². The third-order valence-electron chi connectivity index (χ3n) is 6.62. The van der Waals surface area contributed by atoms with Crippen LogP contribution in [0.2, 0.25) is 0 Å². The van der Waals surface area contributed by atoms with E-state index in [9.17, 15) is 18.0 Å². The van der Waals surface area contributed by atoms with E-state index >= 15 is 0 Å². The topological polar surface area (TPSA) is 86.8 Å². The summed E-state index contributed by atoms with van der Waals surface area (Å²) in [5.74, 6) is -0.688. The number of hydrogen-bond acceptors (Lipinski definition) is 4. The van der Waals surface area contributed by atoms with Gasteiger partial charge in [-0.15, -0.1) is 0 Å². The van der Waals surface area contributed by atoms with Crippen LogP contribution in [-0.4, -0.2) is 44.3 Å². The van der Waals surface area contributed by atoms with E-state index in [2.05, 4.69) is 5.32 Å². The van der Waals surface area contributed by atoms with Crippen LogP contribution < -0.4 is 9.62 Å². The molecule has 0 aliphatic heterocycles. The van der Waals surface area contributed by atoms with Gasteiger partial charge in [0, 0.05) is 13.1 Å². The van der Waals surface area contributed by atoms with Crippen molar-refractivity contribution in [2.75, 3.05) is 17.4 Å². The molecule has 0 aromatic heterocycles. The molecule has 0 fully saturated rings. The molecule has 0 unspecified atom stereocenters. The molecule has 208 valence electrons. The maximum atomic E-state index is 14.1. The molecule has 0 radical (unpaired) electrons.